The number of benzene rings is 4. The lowest BCUT2D eigenvalue weighted by Crippen LogP contribution is -2.33. The van der Waals surface area contributed by atoms with Crippen molar-refractivity contribution in [2.75, 3.05) is 0 Å². The first-order chi connectivity index (χ1) is 62.5. The molecule has 0 saturated heterocycles. The lowest BCUT2D eigenvalue weighted by Gasteiger charge is -2.31. The summed E-state index contributed by atoms with van der Waals surface area (Å²) >= 11 is 11.8. The van der Waals surface area contributed by atoms with Gasteiger partial charge in [-0.3, -0.25) is 49.1 Å². The molecule has 0 N–H and O–H groups in total. The molecule has 8 aromatic heterocycles. The van der Waals surface area contributed by atoms with Crippen LogP contribution in [0.3, 0.4) is 0 Å². The van der Waals surface area contributed by atoms with Gasteiger partial charge >= 0.3 is 0 Å². The quantitative estimate of drug-likeness (QED) is 0.0402. The number of terminal acetylenes is 1. The van der Waals surface area contributed by atoms with Crippen molar-refractivity contribution < 1.29 is 36.7 Å². The van der Waals surface area contributed by atoms with Crippen LogP contribution in [-0.4, -0.2) is 63.0 Å². The Morgan fingerprint density at radius 3 is 1.05 bits per heavy atom. The molecule has 0 spiro atoms. The van der Waals surface area contributed by atoms with Gasteiger partial charge in [0.25, 0.3) is 0 Å². The molecule has 0 bridgehead atoms. The van der Waals surface area contributed by atoms with Crippen LogP contribution >= 0.6 is 23.2 Å². The van der Waals surface area contributed by atoms with Gasteiger partial charge in [0.15, 0.2) is 0 Å². The van der Waals surface area contributed by atoms with E-state index in [1.165, 1.54) is 46.5 Å². The molecule has 0 aliphatic heterocycles. The lowest BCUT2D eigenvalue weighted by molar-refractivity contribution is -0.130. The highest BCUT2D eigenvalue weighted by molar-refractivity contribution is 6.30. The minimum atomic E-state index is -0.376. The summed E-state index contributed by atoms with van der Waals surface area (Å²) in [5, 5.41) is 4.82. The van der Waals surface area contributed by atoms with Crippen molar-refractivity contribution in [3.05, 3.63) is 285 Å². The Bertz CT molecular complexity index is 6090. The number of Topliss-reactive ketones (excluding diaryl/α,β-unsaturated/α-hetero) is 4. The Hall–Kier alpha value is -10.8. The zero-order valence-corrected chi connectivity index (χ0v) is 77.0. The zero-order valence-electron chi connectivity index (χ0n) is 75.5. The number of halogens is 6. The molecule has 0 amide bonds. The van der Waals surface area contributed by atoms with Crippen LogP contribution in [0.15, 0.2) is 195 Å². The van der Waals surface area contributed by atoms with E-state index in [1.54, 1.807) is 92.4 Å². The molecular formula is C112H114Cl2F4N8O4. The number of aromatic nitrogens is 8. The predicted molar refractivity (Wildman–Crippen MR) is 506 cm³/mol. The molecule has 0 radical (unpaired) electrons. The van der Waals surface area contributed by atoms with E-state index in [2.05, 4.69) is 130 Å². The Morgan fingerprint density at radius 2 is 0.731 bits per heavy atom. The molecule has 130 heavy (non-hydrogen) atoms. The van der Waals surface area contributed by atoms with Gasteiger partial charge in [0.1, 0.15) is 57.2 Å². The van der Waals surface area contributed by atoms with E-state index < -0.39 is 0 Å². The Balaban J connectivity index is 0.000000121. The SMILES string of the molecule is C#Cc1ccc(CC(=O)C(C)(C)C2C[C@H]3CC(c4ccnc5ccc(F)cc45)C[C@H]3C2)nc1.CC#Cc1ccc(CC(=O)C(C)C2C[C@H]3CC(c4ccnc5ccc(F)cc45)C[C@H]3C2)cn1.CC(C)(C(=O)Cc1ccc(Cl)cn1)C1C[C@H]2CC(c3ccnc4ccc(F)cc34)C[C@H]2C1.CC(C)(C(=O)Cc1ccc(Cl)nc1)C1C[C@H]2CC(c3ccnc4ccc(F)cc34)C[C@H]2C1. The maximum atomic E-state index is 13.9. The summed E-state index contributed by atoms with van der Waals surface area (Å²) < 4.78 is 55.6. The fraction of sp³-hybridized carbons (Fsp3) is 0.429. The number of pyridine rings is 8. The second-order valence-corrected chi connectivity index (χ2v) is 41.5. The molecule has 17 atom stereocenters. The highest BCUT2D eigenvalue weighted by Gasteiger charge is 2.53. The van der Waals surface area contributed by atoms with Gasteiger partial charge in [-0.2, -0.15) is 0 Å². The van der Waals surface area contributed by atoms with Crippen LogP contribution in [0, 0.1) is 141 Å². The van der Waals surface area contributed by atoms with Crippen LogP contribution < -0.4 is 0 Å². The first-order valence-electron chi connectivity index (χ1n) is 46.8. The molecule has 20 rings (SSSR count). The lowest BCUT2D eigenvalue weighted by atomic mass is 9.71. The van der Waals surface area contributed by atoms with Crippen LogP contribution in [0.1, 0.15) is 238 Å². The van der Waals surface area contributed by atoms with Gasteiger partial charge in [0.2, 0.25) is 0 Å². The van der Waals surface area contributed by atoms with E-state index in [-0.39, 0.29) is 62.8 Å². The van der Waals surface area contributed by atoms with Crippen LogP contribution in [0.25, 0.3) is 43.6 Å². The molecule has 12 nitrogen and oxygen atoms in total. The third-order valence-corrected chi connectivity index (χ3v) is 32.8. The van der Waals surface area contributed by atoms with Crippen molar-refractivity contribution in [1.29, 1.82) is 0 Å². The summed E-state index contributed by atoms with van der Waals surface area (Å²) in [5.41, 5.74) is 12.2. The van der Waals surface area contributed by atoms with Gasteiger partial charge in [-0.05, 0) is 377 Å². The molecule has 9 unspecified atom stereocenters. The maximum Gasteiger partial charge on any atom is 0.144 e. The highest BCUT2D eigenvalue weighted by Crippen LogP contribution is 2.61. The van der Waals surface area contributed by atoms with E-state index in [4.69, 9.17) is 29.6 Å². The van der Waals surface area contributed by atoms with Crippen molar-refractivity contribution >= 4 is 89.9 Å². The van der Waals surface area contributed by atoms with Crippen molar-refractivity contribution in [2.24, 2.45) is 93.2 Å². The van der Waals surface area contributed by atoms with E-state index in [1.807, 2.05) is 61.2 Å². The summed E-state index contributed by atoms with van der Waals surface area (Å²) in [6.45, 7) is 16.5. The summed E-state index contributed by atoms with van der Waals surface area (Å²) in [6, 6.07) is 42.6. The van der Waals surface area contributed by atoms with Crippen molar-refractivity contribution in [2.45, 2.75) is 207 Å². The van der Waals surface area contributed by atoms with Crippen molar-refractivity contribution in [3.63, 3.8) is 0 Å². The Labute approximate surface area is 771 Å². The number of hydrogen-bond acceptors (Lipinski definition) is 12. The first kappa shape index (κ1) is 91.1. The highest BCUT2D eigenvalue weighted by atomic mass is 35.5. The van der Waals surface area contributed by atoms with E-state index in [9.17, 15) is 36.7 Å². The maximum absolute atomic E-state index is 13.9. The zero-order chi connectivity index (χ0) is 91.0. The van der Waals surface area contributed by atoms with Crippen LogP contribution in [0.4, 0.5) is 17.6 Å². The number of fused-ring (bicyclic) bond motifs is 8. The summed E-state index contributed by atoms with van der Waals surface area (Å²) in [5.74, 6) is 17.2. The number of nitrogens with zero attached hydrogens (tertiary/aromatic N) is 8. The molecule has 4 aromatic carbocycles. The molecule has 18 heteroatoms. The second-order valence-electron chi connectivity index (χ2n) is 40.7. The molecule has 668 valence electrons. The third kappa shape index (κ3) is 19.9. The number of hydrogen-bond donors (Lipinski definition) is 0. The minimum absolute atomic E-state index is 0.0695. The van der Waals surface area contributed by atoms with Crippen molar-refractivity contribution in [1.82, 2.24) is 39.9 Å². The van der Waals surface area contributed by atoms with E-state index in [0.717, 1.165) is 180 Å². The topological polar surface area (TPSA) is 171 Å². The summed E-state index contributed by atoms with van der Waals surface area (Å²) in [7, 11) is 0. The molecule has 8 fully saturated rings. The van der Waals surface area contributed by atoms with Gasteiger partial charge in [0, 0.05) is 136 Å². The van der Waals surface area contributed by atoms with Gasteiger partial charge < -0.3 is 0 Å². The van der Waals surface area contributed by atoms with Crippen LogP contribution in [0.2, 0.25) is 10.2 Å². The molecule has 12 aromatic rings. The third-order valence-electron chi connectivity index (χ3n) is 32.3. The molecule has 8 aliphatic rings. The van der Waals surface area contributed by atoms with E-state index >= 15 is 0 Å². The number of rotatable bonds is 20. The van der Waals surface area contributed by atoms with Crippen LogP contribution in [0.5, 0.6) is 0 Å². The average Bonchev–Trinajstić information content (AvgIpc) is 1.67. The van der Waals surface area contributed by atoms with Gasteiger partial charge in [-0.15, -0.1) is 6.42 Å². The Kier molecular flexibility index (Phi) is 27.0. The van der Waals surface area contributed by atoms with Crippen LogP contribution in [-0.2, 0) is 44.9 Å². The molecular weight excluding hydrogens is 1670 g/mol. The minimum Gasteiger partial charge on any atom is -0.299 e. The predicted octanol–water partition coefficient (Wildman–Crippen LogP) is 25.8. The standard InChI is InChI=1S/2C29H29FN2O.2C27H28ClFN2O/c1-4-18-5-7-24(32-17-18)16-28(33)29(2,3)22-13-19-11-21(12-20(19)14-22)25-9-10-31-27-8-6-23(30)15-26(25)27;1-3-4-25-7-5-19(17-32-25)11-29(33)18(2)20-12-21-14-23(15-22(21)13-20)26-9-10-31-28-8-6-24(30)16-27(26)28;1-27(2,25(32)9-16-3-6-26(28)31-15-16)20-12-17-10-19(11-18(17)13-20)22-7-8-30-24-5-4-21(29)14-23(22)24;1-27(2,26(32)14-22-5-3-20(28)15-31-22)19-11-16-9-18(10-17(16)12-19)23-7-8-30-25-6-4-21(29)13-24(23)25/h1,5-10,15,17,19-22H,11-14,16H2,2-3H3;5-10,16-18,20-23H,11-15H2,1-2H3;3-8,14-15,17-20H,9-13H2,1-2H3;3-8,13,15-19H,9-12,14H2,1-2H3/t19-,20+,21?,22?;18?,20?,21-,22+,23?;17-,18+,19?,20?;16-,17+,18?,19?. The Morgan fingerprint density at radius 1 is 0.385 bits per heavy atom. The molecule has 8 aliphatic carbocycles. The van der Waals surface area contributed by atoms with Crippen molar-refractivity contribution in [3.8, 4) is 24.2 Å². The summed E-state index contributed by atoms with van der Waals surface area (Å²) in [6.07, 6.45) is 38.8. The second kappa shape index (κ2) is 38.6. The fourth-order valence-electron chi connectivity index (χ4n) is 24.6. The van der Waals surface area contributed by atoms with Gasteiger partial charge in [0.05, 0.1) is 27.1 Å². The summed E-state index contributed by atoms with van der Waals surface area (Å²) in [4.78, 5) is 87.4. The number of carbonyl (C=O) groups excluding carboxylic acids is 4. The number of ketones is 4. The van der Waals surface area contributed by atoms with Gasteiger partial charge in [-0.25, -0.2) is 27.5 Å². The smallest absolute Gasteiger partial charge is 0.144 e. The normalized spacial score (nSPS) is 25.0. The largest absolute Gasteiger partial charge is 0.299 e. The monoisotopic (exact) mass is 1780 g/mol. The van der Waals surface area contributed by atoms with Gasteiger partial charge in [-0.1, -0.05) is 95.6 Å². The number of carbonyl (C=O) groups is 4. The first-order valence-corrected chi connectivity index (χ1v) is 47.5. The van der Waals surface area contributed by atoms with E-state index in [0.29, 0.717) is 136 Å². The molecule has 8 saturated carbocycles. The average molecular weight is 1780 g/mol. The fourth-order valence-corrected chi connectivity index (χ4v) is 24.8. The molecule has 8 heterocycles.